The number of nitrogens with two attached hydrogens (primary N) is 1. The third-order valence-corrected chi connectivity index (χ3v) is 2.37. The fourth-order valence-corrected chi connectivity index (χ4v) is 1.84. The van der Waals surface area contributed by atoms with Gasteiger partial charge in [0.2, 0.25) is 0 Å². The van der Waals surface area contributed by atoms with Crippen LogP contribution in [-0.4, -0.2) is 24.3 Å². The zero-order valence-electron chi connectivity index (χ0n) is 10.3. The summed E-state index contributed by atoms with van der Waals surface area (Å²) >= 11 is 0. The zero-order chi connectivity index (χ0) is 12.1. The first-order chi connectivity index (χ1) is 7.49. The van der Waals surface area contributed by atoms with E-state index < -0.39 is 0 Å². The summed E-state index contributed by atoms with van der Waals surface area (Å²) in [6.07, 6.45) is 0. The summed E-state index contributed by atoms with van der Waals surface area (Å²) in [5.41, 5.74) is 7.47. The second-order valence-corrected chi connectivity index (χ2v) is 4.70. The van der Waals surface area contributed by atoms with Gasteiger partial charge in [0, 0.05) is 18.7 Å². The minimum absolute atomic E-state index is 0.133. The molecule has 88 valence electrons. The molecule has 0 aliphatic heterocycles. The summed E-state index contributed by atoms with van der Waals surface area (Å²) in [6.45, 7) is 6.40. The van der Waals surface area contributed by atoms with Crippen LogP contribution in [0.15, 0.2) is 24.3 Å². The topological polar surface area (TPSA) is 53.1 Å². The molecule has 1 aromatic rings. The Bertz CT molecular complexity index is 358. The van der Waals surface area contributed by atoms with Crippen molar-refractivity contribution in [2.24, 2.45) is 11.7 Å². The number of nitrogens with zero attached hydrogens (tertiary/aromatic N) is 1. The Morgan fingerprint density at radius 1 is 1.44 bits per heavy atom. The van der Waals surface area contributed by atoms with Crippen LogP contribution in [-0.2, 0) is 6.54 Å². The van der Waals surface area contributed by atoms with Crippen molar-refractivity contribution in [3.8, 4) is 0 Å². The highest BCUT2D eigenvalue weighted by Crippen LogP contribution is 2.08. The molecule has 0 aliphatic carbocycles. The predicted octanol–water partition coefficient (Wildman–Crippen LogP) is 2.06. The molecule has 3 heteroatoms. The molecule has 0 radical (unpaired) electrons. The fraction of sp³-hybridized carbons (Fsp3) is 0.462. The molecule has 0 aliphatic rings. The Morgan fingerprint density at radius 3 is 2.69 bits per heavy atom. The lowest BCUT2D eigenvalue weighted by Crippen LogP contribution is -2.23. The van der Waals surface area contributed by atoms with E-state index >= 15 is 0 Å². The molecule has 3 N–H and O–H groups in total. The molecular formula is C13H21N3. The van der Waals surface area contributed by atoms with Crippen LogP contribution in [0.25, 0.3) is 0 Å². The molecule has 0 saturated carbocycles. The third-order valence-electron chi connectivity index (χ3n) is 2.37. The molecule has 0 fully saturated rings. The summed E-state index contributed by atoms with van der Waals surface area (Å²) in [7, 11) is 2.11. The van der Waals surface area contributed by atoms with Crippen molar-refractivity contribution in [2.75, 3.05) is 13.6 Å². The van der Waals surface area contributed by atoms with E-state index in [0.29, 0.717) is 5.92 Å². The summed E-state index contributed by atoms with van der Waals surface area (Å²) in [4.78, 5) is 2.28. The van der Waals surface area contributed by atoms with Gasteiger partial charge in [-0.25, -0.2) is 0 Å². The van der Waals surface area contributed by atoms with Gasteiger partial charge < -0.3 is 10.6 Å². The number of amidine groups is 1. The van der Waals surface area contributed by atoms with Gasteiger partial charge in [0.05, 0.1) is 0 Å². The molecule has 0 bridgehead atoms. The molecule has 0 unspecified atom stereocenters. The highest BCUT2D eigenvalue weighted by Gasteiger charge is 2.04. The SMILES string of the molecule is CC(C)CN(C)Cc1cccc(C(=N)N)c1. The molecule has 0 spiro atoms. The molecule has 0 atom stereocenters. The average Bonchev–Trinajstić information content (AvgIpc) is 2.16. The molecule has 0 heterocycles. The van der Waals surface area contributed by atoms with Crippen LogP contribution in [0, 0.1) is 11.3 Å². The third kappa shape index (κ3) is 4.03. The van der Waals surface area contributed by atoms with Crippen molar-refractivity contribution in [1.82, 2.24) is 4.90 Å². The summed E-state index contributed by atoms with van der Waals surface area (Å²) in [6, 6.07) is 7.88. The van der Waals surface area contributed by atoms with Crippen molar-refractivity contribution in [3.05, 3.63) is 35.4 Å². The van der Waals surface area contributed by atoms with Gasteiger partial charge >= 0.3 is 0 Å². The minimum atomic E-state index is 0.133. The molecule has 0 amide bonds. The van der Waals surface area contributed by atoms with Crippen LogP contribution in [0.2, 0.25) is 0 Å². The van der Waals surface area contributed by atoms with Crippen molar-refractivity contribution >= 4 is 5.84 Å². The number of nitrogen functional groups attached to an aromatic ring is 1. The fourth-order valence-electron chi connectivity index (χ4n) is 1.84. The molecular weight excluding hydrogens is 198 g/mol. The largest absolute Gasteiger partial charge is 0.384 e. The van der Waals surface area contributed by atoms with E-state index in [1.54, 1.807) is 0 Å². The average molecular weight is 219 g/mol. The van der Waals surface area contributed by atoms with Crippen LogP contribution < -0.4 is 5.73 Å². The Morgan fingerprint density at radius 2 is 2.12 bits per heavy atom. The van der Waals surface area contributed by atoms with Gasteiger partial charge in [-0.1, -0.05) is 32.0 Å². The van der Waals surface area contributed by atoms with E-state index in [4.69, 9.17) is 11.1 Å². The number of hydrogen-bond acceptors (Lipinski definition) is 2. The van der Waals surface area contributed by atoms with Gasteiger partial charge in [0.15, 0.2) is 0 Å². The summed E-state index contributed by atoms with van der Waals surface area (Å²) < 4.78 is 0. The first kappa shape index (κ1) is 12.7. The van der Waals surface area contributed by atoms with E-state index in [-0.39, 0.29) is 5.84 Å². The standard InChI is InChI=1S/C13H21N3/c1-10(2)8-16(3)9-11-5-4-6-12(7-11)13(14)15/h4-7,10H,8-9H2,1-3H3,(H3,14,15). The van der Waals surface area contributed by atoms with Gasteiger partial charge in [0.25, 0.3) is 0 Å². The minimum Gasteiger partial charge on any atom is -0.384 e. The smallest absolute Gasteiger partial charge is 0.122 e. The van der Waals surface area contributed by atoms with Crippen LogP contribution in [0.4, 0.5) is 0 Å². The van der Waals surface area contributed by atoms with E-state index in [2.05, 4.69) is 31.9 Å². The normalized spacial score (nSPS) is 11.1. The van der Waals surface area contributed by atoms with Crippen molar-refractivity contribution in [1.29, 1.82) is 5.41 Å². The second kappa shape index (κ2) is 5.66. The molecule has 0 aromatic heterocycles. The molecule has 16 heavy (non-hydrogen) atoms. The van der Waals surface area contributed by atoms with E-state index in [1.807, 2.05) is 18.2 Å². The molecule has 3 nitrogen and oxygen atoms in total. The lowest BCUT2D eigenvalue weighted by atomic mass is 10.1. The van der Waals surface area contributed by atoms with Gasteiger partial charge in [-0.2, -0.15) is 0 Å². The van der Waals surface area contributed by atoms with Crippen LogP contribution >= 0.6 is 0 Å². The maximum atomic E-state index is 7.39. The zero-order valence-corrected chi connectivity index (χ0v) is 10.3. The van der Waals surface area contributed by atoms with Crippen LogP contribution in [0.3, 0.4) is 0 Å². The highest BCUT2D eigenvalue weighted by atomic mass is 15.1. The van der Waals surface area contributed by atoms with Crippen LogP contribution in [0.5, 0.6) is 0 Å². The van der Waals surface area contributed by atoms with E-state index in [9.17, 15) is 0 Å². The summed E-state index contributed by atoms with van der Waals surface area (Å²) in [5, 5.41) is 7.39. The second-order valence-electron chi connectivity index (χ2n) is 4.70. The van der Waals surface area contributed by atoms with E-state index in [0.717, 1.165) is 18.7 Å². The molecule has 0 saturated heterocycles. The Kier molecular flexibility index (Phi) is 4.50. The first-order valence-electron chi connectivity index (χ1n) is 5.61. The predicted molar refractivity (Wildman–Crippen MR) is 68.6 cm³/mol. The summed E-state index contributed by atoms with van der Waals surface area (Å²) in [5.74, 6) is 0.800. The number of hydrogen-bond donors (Lipinski definition) is 2. The van der Waals surface area contributed by atoms with Crippen molar-refractivity contribution < 1.29 is 0 Å². The number of nitrogens with one attached hydrogen (secondary N) is 1. The number of rotatable bonds is 5. The Labute approximate surface area is 97.8 Å². The molecule has 1 aromatic carbocycles. The Hall–Kier alpha value is -1.35. The van der Waals surface area contributed by atoms with Crippen LogP contribution in [0.1, 0.15) is 25.0 Å². The van der Waals surface area contributed by atoms with Crippen molar-refractivity contribution in [3.63, 3.8) is 0 Å². The van der Waals surface area contributed by atoms with Crippen molar-refractivity contribution in [2.45, 2.75) is 20.4 Å². The maximum absolute atomic E-state index is 7.39. The molecule has 1 rings (SSSR count). The number of benzene rings is 1. The first-order valence-corrected chi connectivity index (χ1v) is 5.61. The van der Waals surface area contributed by atoms with E-state index in [1.165, 1.54) is 5.56 Å². The quantitative estimate of drug-likeness (QED) is 0.588. The lowest BCUT2D eigenvalue weighted by Gasteiger charge is -2.19. The van der Waals surface area contributed by atoms with Gasteiger partial charge in [0.1, 0.15) is 5.84 Å². The van der Waals surface area contributed by atoms with Gasteiger partial charge in [-0.15, -0.1) is 0 Å². The highest BCUT2D eigenvalue weighted by molar-refractivity contribution is 5.95. The Balaban J connectivity index is 2.66. The maximum Gasteiger partial charge on any atom is 0.122 e. The lowest BCUT2D eigenvalue weighted by molar-refractivity contribution is 0.288. The monoisotopic (exact) mass is 219 g/mol. The van der Waals surface area contributed by atoms with Gasteiger partial charge in [-0.3, -0.25) is 5.41 Å². The van der Waals surface area contributed by atoms with Gasteiger partial charge in [-0.05, 0) is 24.6 Å².